The van der Waals surface area contributed by atoms with Crippen LogP contribution >= 0.6 is 0 Å². The highest BCUT2D eigenvalue weighted by Gasteiger charge is 2.27. The number of hydrogen-bond acceptors (Lipinski definition) is 5. The first kappa shape index (κ1) is 15.7. The van der Waals surface area contributed by atoms with Crippen LogP contribution in [0.5, 0.6) is 11.5 Å². The molecular weight excluding hydrogens is 318 g/mol. The minimum atomic E-state index is -0.670. The summed E-state index contributed by atoms with van der Waals surface area (Å²) in [7, 11) is 0. The summed E-state index contributed by atoms with van der Waals surface area (Å²) < 4.78 is 11.3. The zero-order valence-electron chi connectivity index (χ0n) is 14.0. The maximum atomic E-state index is 12.4. The molecule has 0 radical (unpaired) electrons. The number of nitrogens with zero attached hydrogens (tertiary/aromatic N) is 2. The quantitative estimate of drug-likeness (QED) is 0.932. The molecule has 1 fully saturated rings. The summed E-state index contributed by atoms with van der Waals surface area (Å²) in [6.45, 7) is 2.29. The molecule has 0 aliphatic carbocycles. The minimum Gasteiger partial charge on any atom is -0.485 e. The van der Waals surface area contributed by atoms with Gasteiger partial charge in [0.05, 0.1) is 11.9 Å². The van der Waals surface area contributed by atoms with Gasteiger partial charge in [-0.1, -0.05) is 12.1 Å². The number of pyridine rings is 1. The second-order valence-electron chi connectivity index (χ2n) is 6.31. The summed E-state index contributed by atoms with van der Waals surface area (Å²) in [5.74, 6) is 1.98. The molecule has 1 amide bonds. The van der Waals surface area contributed by atoms with Crippen molar-refractivity contribution in [2.75, 3.05) is 29.9 Å². The number of carbonyl (C=O) groups excluding carboxylic acids is 1. The molecule has 1 N–H and O–H groups in total. The van der Waals surface area contributed by atoms with Crippen molar-refractivity contribution in [2.24, 2.45) is 0 Å². The van der Waals surface area contributed by atoms with E-state index in [1.54, 1.807) is 12.3 Å². The predicted molar refractivity (Wildman–Crippen MR) is 95.3 cm³/mol. The third-order valence-corrected chi connectivity index (χ3v) is 4.50. The van der Waals surface area contributed by atoms with Crippen LogP contribution in [-0.2, 0) is 4.79 Å². The highest BCUT2D eigenvalue weighted by Crippen LogP contribution is 2.31. The Morgan fingerprint density at radius 3 is 2.64 bits per heavy atom. The fourth-order valence-electron chi connectivity index (χ4n) is 3.14. The van der Waals surface area contributed by atoms with Gasteiger partial charge in [0.1, 0.15) is 12.4 Å². The van der Waals surface area contributed by atoms with Gasteiger partial charge in [-0.25, -0.2) is 4.98 Å². The average molecular weight is 339 g/mol. The fraction of sp³-hybridized carbons (Fsp3) is 0.368. The lowest BCUT2D eigenvalue weighted by atomic mass is 10.1. The number of fused-ring (bicyclic) bond motifs is 1. The zero-order chi connectivity index (χ0) is 17.1. The Morgan fingerprint density at radius 2 is 1.88 bits per heavy atom. The van der Waals surface area contributed by atoms with Gasteiger partial charge in [-0.05, 0) is 43.5 Å². The number of para-hydroxylation sites is 2. The number of nitrogens with one attached hydrogen (secondary N) is 1. The Hall–Kier alpha value is -2.76. The second-order valence-corrected chi connectivity index (χ2v) is 6.31. The standard InChI is InChI=1S/C19H21N3O3/c23-19(17-13-24-15-6-2-3-7-16(15)25-17)21-14-8-9-18(20-12-14)22-10-4-1-5-11-22/h2-3,6-9,12,17H,1,4-5,10-11,13H2,(H,21,23)/t17-/m0/s1. The van der Waals surface area contributed by atoms with Gasteiger partial charge in [0.25, 0.3) is 5.91 Å². The highest BCUT2D eigenvalue weighted by molar-refractivity contribution is 5.94. The summed E-state index contributed by atoms with van der Waals surface area (Å²) in [5.41, 5.74) is 0.660. The van der Waals surface area contributed by atoms with E-state index in [0.29, 0.717) is 17.2 Å². The van der Waals surface area contributed by atoms with E-state index < -0.39 is 6.10 Å². The Bertz CT molecular complexity index is 742. The normalized spacial score (nSPS) is 19.4. The molecule has 2 aromatic rings. The zero-order valence-corrected chi connectivity index (χ0v) is 14.0. The second kappa shape index (κ2) is 7.01. The smallest absolute Gasteiger partial charge is 0.269 e. The van der Waals surface area contributed by atoms with Crippen molar-refractivity contribution in [1.29, 1.82) is 0 Å². The molecule has 4 rings (SSSR count). The Kier molecular flexibility index (Phi) is 4.41. The lowest BCUT2D eigenvalue weighted by molar-refractivity contribution is -0.125. The van der Waals surface area contributed by atoms with Gasteiger partial charge < -0.3 is 19.7 Å². The van der Waals surface area contributed by atoms with Crippen LogP contribution < -0.4 is 19.7 Å². The maximum absolute atomic E-state index is 12.4. The molecule has 0 bridgehead atoms. The summed E-state index contributed by atoms with van der Waals surface area (Å²) >= 11 is 0. The van der Waals surface area contributed by atoms with E-state index in [2.05, 4.69) is 15.2 Å². The number of anilines is 2. The van der Waals surface area contributed by atoms with Gasteiger partial charge in [0, 0.05) is 13.1 Å². The van der Waals surface area contributed by atoms with Crippen molar-refractivity contribution in [3.05, 3.63) is 42.6 Å². The molecule has 2 aliphatic heterocycles. The molecule has 25 heavy (non-hydrogen) atoms. The molecule has 1 atom stereocenters. The third kappa shape index (κ3) is 3.52. The first-order chi connectivity index (χ1) is 12.3. The lowest BCUT2D eigenvalue weighted by Crippen LogP contribution is -2.40. The molecule has 6 heteroatoms. The monoisotopic (exact) mass is 339 g/mol. The first-order valence-electron chi connectivity index (χ1n) is 8.70. The largest absolute Gasteiger partial charge is 0.485 e. The Balaban J connectivity index is 1.38. The number of amides is 1. The van der Waals surface area contributed by atoms with Crippen molar-refractivity contribution in [3.63, 3.8) is 0 Å². The molecule has 6 nitrogen and oxygen atoms in total. The van der Waals surface area contributed by atoms with Crippen LogP contribution in [0.15, 0.2) is 42.6 Å². The summed E-state index contributed by atoms with van der Waals surface area (Å²) in [4.78, 5) is 19.2. The lowest BCUT2D eigenvalue weighted by Gasteiger charge is -2.28. The number of carbonyl (C=O) groups is 1. The first-order valence-corrected chi connectivity index (χ1v) is 8.70. The summed E-state index contributed by atoms with van der Waals surface area (Å²) in [6, 6.07) is 11.2. The molecule has 0 spiro atoms. The van der Waals surface area contributed by atoms with Crippen molar-refractivity contribution >= 4 is 17.4 Å². The van der Waals surface area contributed by atoms with Crippen LogP contribution in [0.4, 0.5) is 11.5 Å². The van der Waals surface area contributed by atoms with E-state index in [1.165, 1.54) is 19.3 Å². The van der Waals surface area contributed by atoms with Gasteiger partial charge in [0.2, 0.25) is 6.10 Å². The van der Waals surface area contributed by atoms with Crippen LogP contribution in [-0.4, -0.2) is 36.7 Å². The van der Waals surface area contributed by atoms with Crippen molar-refractivity contribution in [2.45, 2.75) is 25.4 Å². The third-order valence-electron chi connectivity index (χ3n) is 4.50. The van der Waals surface area contributed by atoms with Crippen LogP contribution in [0, 0.1) is 0 Å². The van der Waals surface area contributed by atoms with Gasteiger partial charge in [0.15, 0.2) is 11.5 Å². The maximum Gasteiger partial charge on any atom is 0.269 e. The van der Waals surface area contributed by atoms with Gasteiger partial charge >= 0.3 is 0 Å². The predicted octanol–water partition coefficient (Wildman–Crippen LogP) is 2.85. The summed E-state index contributed by atoms with van der Waals surface area (Å²) in [5, 5.41) is 2.85. The van der Waals surface area contributed by atoms with E-state index in [1.807, 2.05) is 30.3 Å². The SMILES string of the molecule is O=C(Nc1ccc(N2CCCCC2)nc1)[C@@H]1COc2ccccc2O1. The van der Waals surface area contributed by atoms with E-state index >= 15 is 0 Å². The Morgan fingerprint density at radius 1 is 1.08 bits per heavy atom. The van der Waals surface area contributed by atoms with Gasteiger partial charge in [-0.15, -0.1) is 0 Å². The van der Waals surface area contributed by atoms with Crippen LogP contribution in [0.3, 0.4) is 0 Å². The number of rotatable bonds is 3. The fourth-order valence-corrected chi connectivity index (χ4v) is 3.14. The highest BCUT2D eigenvalue weighted by atomic mass is 16.6. The molecule has 0 unspecified atom stereocenters. The number of piperidine rings is 1. The molecular formula is C19H21N3O3. The number of benzene rings is 1. The topological polar surface area (TPSA) is 63.7 Å². The van der Waals surface area contributed by atoms with Crippen LogP contribution in [0.2, 0.25) is 0 Å². The molecule has 1 aromatic heterocycles. The summed E-state index contributed by atoms with van der Waals surface area (Å²) in [6.07, 6.45) is 4.73. The molecule has 3 heterocycles. The van der Waals surface area contributed by atoms with Crippen molar-refractivity contribution in [3.8, 4) is 11.5 Å². The van der Waals surface area contributed by atoms with E-state index in [0.717, 1.165) is 18.9 Å². The molecule has 1 aromatic carbocycles. The molecule has 2 aliphatic rings. The van der Waals surface area contributed by atoms with E-state index in [4.69, 9.17) is 9.47 Å². The number of hydrogen-bond donors (Lipinski definition) is 1. The van der Waals surface area contributed by atoms with E-state index in [9.17, 15) is 4.79 Å². The number of aromatic nitrogens is 1. The molecule has 0 saturated carbocycles. The van der Waals surface area contributed by atoms with Crippen molar-refractivity contribution < 1.29 is 14.3 Å². The van der Waals surface area contributed by atoms with Gasteiger partial charge in [-0.2, -0.15) is 0 Å². The van der Waals surface area contributed by atoms with E-state index in [-0.39, 0.29) is 12.5 Å². The average Bonchev–Trinajstić information content (AvgIpc) is 2.69. The minimum absolute atomic E-state index is 0.197. The van der Waals surface area contributed by atoms with Crippen LogP contribution in [0.1, 0.15) is 19.3 Å². The number of ether oxygens (including phenoxy) is 2. The van der Waals surface area contributed by atoms with Crippen LogP contribution in [0.25, 0.3) is 0 Å². The van der Waals surface area contributed by atoms with Crippen molar-refractivity contribution in [1.82, 2.24) is 4.98 Å². The van der Waals surface area contributed by atoms with Gasteiger partial charge in [-0.3, -0.25) is 4.79 Å². The molecule has 1 saturated heterocycles. The Labute approximate surface area is 146 Å². The molecule has 130 valence electrons.